The first-order valence-corrected chi connectivity index (χ1v) is 6.13. The quantitative estimate of drug-likeness (QED) is 0.738. The van der Waals surface area contributed by atoms with E-state index in [0.717, 1.165) is 13.0 Å². The minimum absolute atomic E-state index is 0.0343. The number of nitrogens with one attached hydrogen (secondary N) is 2. The molecule has 16 heavy (non-hydrogen) atoms. The third kappa shape index (κ3) is 2.95. The van der Waals surface area contributed by atoms with Gasteiger partial charge < -0.3 is 10.6 Å². The molecule has 1 aliphatic rings. The van der Waals surface area contributed by atoms with Gasteiger partial charge in [0.25, 0.3) is 0 Å². The lowest BCUT2D eigenvalue weighted by Gasteiger charge is -2.46. The minimum atomic E-state index is -0.120. The van der Waals surface area contributed by atoms with Crippen molar-refractivity contribution in [1.29, 1.82) is 0 Å². The molecule has 0 aliphatic carbocycles. The molecule has 4 heteroatoms. The number of nitrogens with zero attached hydrogens (tertiary/aromatic N) is 1. The highest BCUT2D eigenvalue weighted by atomic mass is 16.2. The molecule has 0 saturated carbocycles. The summed E-state index contributed by atoms with van der Waals surface area (Å²) >= 11 is 0. The van der Waals surface area contributed by atoms with Crippen LogP contribution in [0, 0.1) is 0 Å². The Morgan fingerprint density at radius 1 is 1.62 bits per heavy atom. The number of carbonyl (C=O) groups excluding carboxylic acids is 1. The predicted molar refractivity (Wildman–Crippen MR) is 66.4 cm³/mol. The first kappa shape index (κ1) is 13.5. The largest absolute Gasteiger partial charge is 0.349 e. The zero-order valence-corrected chi connectivity index (χ0v) is 11.1. The molecule has 0 aromatic rings. The molecule has 1 heterocycles. The number of likely N-dealkylation sites (N-methyl/N-ethyl adjacent to an activating group) is 1. The van der Waals surface area contributed by atoms with Gasteiger partial charge in [0.1, 0.15) is 6.04 Å². The maximum atomic E-state index is 12.0. The number of piperazine rings is 1. The average molecular weight is 227 g/mol. The van der Waals surface area contributed by atoms with E-state index < -0.39 is 0 Å². The highest BCUT2D eigenvalue weighted by Crippen LogP contribution is 2.19. The standard InChI is InChI=1S/C12H25N3O/c1-6-9(2)15-8-12(3,4)14-11(16)10(15)7-13-5/h9-10,13H,6-8H2,1-5H3,(H,14,16). The summed E-state index contributed by atoms with van der Waals surface area (Å²) in [6, 6.07) is 0.414. The molecule has 1 amide bonds. The second-order valence-electron chi connectivity index (χ2n) is 5.38. The van der Waals surface area contributed by atoms with Crippen LogP contribution in [0.5, 0.6) is 0 Å². The van der Waals surface area contributed by atoms with E-state index in [1.807, 2.05) is 7.05 Å². The van der Waals surface area contributed by atoms with Crippen molar-refractivity contribution in [3.8, 4) is 0 Å². The Labute approximate surface area is 98.8 Å². The van der Waals surface area contributed by atoms with Gasteiger partial charge in [-0.3, -0.25) is 9.69 Å². The molecular weight excluding hydrogens is 202 g/mol. The van der Waals surface area contributed by atoms with Crippen LogP contribution in [0.4, 0.5) is 0 Å². The van der Waals surface area contributed by atoms with Crippen molar-refractivity contribution in [2.45, 2.75) is 51.7 Å². The Bertz CT molecular complexity index is 253. The Balaban J connectivity index is 2.83. The number of rotatable bonds is 4. The van der Waals surface area contributed by atoms with Gasteiger partial charge in [-0.15, -0.1) is 0 Å². The van der Waals surface area contributed by atoms with Crippen LogP contribution in [0.15, 0.2) is 0 Å². The summed E-state index contributed by atoms with van der Waals surface area (Å²) in [7, 11) is 1.89. The van der Waals surface area contributed by atoms with Gasteiger partial charge in [0.2, 0.25) is 5.91 Å². The summed E-state index contributed by atoms with van der Waals surface area (Å²) < 4.78 is 0. The van der Waals surface area contributed by atoms with E-state index in [1.165, 1.54) is 0 Å². The monoisotopic (exact) mass is 227 g/mol. The molecule has 2 atom stereocenters. The van der Waals surface area contributed by atoms with Crippen molar-refractivity contribution in [3.05, 3.63) is 0 Å². The van der Waals surface area contributed by atoms with Crippen LogP contribution >= 0.6 is 0 Å². The van der Waals surface area contributed by atoms with Gasteiger partial charge in [-0.25, -0.2) is 0 Å². The second kappa shape index (κ2) is 5.15. The van der Waals surface area contributed by atoms with Crippen LogP contribution in [-0.2, 0) is 4.79 Å². The molecule has 94 valence electrons. The van der Waals surface area contributed by atoms with Crippen molar-refractivity contribution >= 4 is 5.91 Å². The second-order valence-corrected chi connectivity index (χ2v) is 5.38. The maximum absolute atomic E-state index is 12.0. The molecule has 4 nitrogen and oxygen atoms in total. The zero-order valence-electron chi connectivity index (χ0n) is 11.1. The zero-order chi connectivity index (χ0) is 12.3. The molecule has 2 N–H and O–H groups in total. The van der Waals surface area contributed by atoms with Crippen LogP contribution in [0.2, 0.25) is 0 Å². The van der Waals surface area contributed by atoms with Crippen molar-refractivity contribution in [1.82, 2.24) is 15.5 Å². The number of carbonyl (C=O) groups is 1. The number of hydrogen-bond acceptors (Lipinski definition) is 3. The van der Waals surface area contributed by atoms with Crippen molar-refractivity contribution in [3.63, 3.8) is 0 Å². The molecule has 1 saturated heterocycles. The molecule has 1 fully saturated rings. The number of amides is 1. The van der Waals surface area contributed by atoms with Gasteiger partial charge in [0.05, 0.1) is 0 Å². The lowest BCUT2D eigenvalue weighted by atomic mass is 9.96. The fourth-order valence-corrected chi connectivity index (χ4v) is 2.27. The topological polar surface area (TPSA) is 44.4 Å². The molecule has 0 aromatic carbocycles. The molecule has 0 aromatic heterocycles. The van der Waals surface area contributed by atoms with Gasteiger partial charge in [0, 0.05) is 24.7 Å². The van der Waals surface area contributed by atoms with E-state index in [-0.39, 0.29) is 17.5 Å². The fraction of sp³-hybridized carbons (Fsp3) is 0.917. The minimum Gasteiger partial charge on any atom is -0.349 e. The van der Waals surface area contributed by atoms with E-state index in [0.29, 0.717) is 12.6 Å². The predicted octanol–water partition coefficient (Wildman–Crippen LogP) is 0.583. The Morgan fingerprint density at radius 2 is 2.25 bits per heavy atom. The molecule has 1 aliphatic heterocycles. The summed E-state index contributed by atoms with van der Waals surface area (Å²) in [4.78, 5) is 14.4. The first-order chi connectivity index (χ1) is 7.41. The molecule has 2 unspecified atom stereocenters. The summed E-state index contributed by atoms with van der Waals surface area (Å²) in [5, 5.41) is 6.18. The third-order valence-corrected chi connectivity index (χ3v) is 3.30. The van der Waals surface area contributed by atoms with Gasteiger partial charge in [0.15, 0.2) is 0 Å². The lowest BCUT2D eigenvalue weighted by Crippen LogP contribution is -2.68. The summed E-state index contributed by atoms with van der Waals surface area (Å²) in [5.74, 6) is 0.144. The molecule has 0 spiro atoms. The van der Waals surface area contributed by atoms with Crippen LogP contribution in [0.1, 0.15) is 34.1 Å². The van der Waals surface area contributed by atoms with E-state index in [4.69, 9.17) is 0 Å². The summed E-state index contributed by atoms with van der Waals surface area (Å²) in [6.45, 7) is 10.1. The third-order valence-electron chi connectivity index (χ3n) is 3.30. The van der Waals surface area contributed by atoms with Gasteiger partial charge in [-0.2, -0.15) is 0 Å². The highest BCUT2D eigenvalue weighted by molar-refractivity contribution is 5.83. The van der Waals surface area contributed by atoms with Gasteiger partial charge in [-0.05, 0) is 34.2 Å². The molecule has 0 bridgehead atoms. The molecule has 0 radical (unpaired) electrons. The van der Waals surface area contributed by atoms with Crippen LogP contribution < -0.4 is 10.6 Å². The smallest absolute Gasteiger partial charge is 0.239 e. The van der Waals surface area contributed by atoms with Crippen molar-refractivity contribution in [2.24, 2.45) is 0 Å². The van der Waals surface area contributed by atoms with E-state index in [2.05, 4.69) is 43.2 Å². The normalized spacial score (nSPS) is 27.6. The Hall–Kier alpha value is -0.610. The Morgan fingerprint density at radius 3 is 2.75 bits per heavy atom. The van der Waals surface area contributed by atoms with Crippen LogP contribution in [0.3, 0.4) is 0 Å². The summed E-state index contributed by atoms with van der Waals surface area (Å²) in [6.07, 6.45) is 1.07. The van der Waals surface area contributed by atoms with E-state index >= 15 is 0 Å². The maximum Gasteiger partial charge on any atom is 0.239 e. The average Bonchev–Trinajstić information content (AvgIpc) is 2.19. The fourth-order valence-electron chi connectivity index (χ4n) is 2.27. The lowest BCUT2D eigenvalue weighted by molar-refractivity contribution is -0.134. The van der Waals surface area contributed by atoms with E-state index in [1.54, 1.807) is 0 Å². The summed E-state index contributed by atoms with van der Waals surface area (Å²) in [5.41, 5.74) is -0.120. The molecule has 1 rings (SSSR count). The van der Waals surface area contributed by atoms with E-state index in [9.17, 15) is 4.79 Å². The first-order valence-electron chi connectivity index (χ1n) is 6.13. The van der Waals surface area contributed by atoms with Gasteiger partial charge >= 0.3 is 0 Å². The van der Waals surface area contributed by atoms with Gasteiger partial charge in [-0.1, -0.05) is 6.92 Å². The Kier molecular flexibility index (Phi) is 4.33. The van der Waals surface area contributed by atoms with Crippen LogP contribution in [-0.4, -0.2) is 48.6 Å². The number of hydrogen-bond donors (Lipinski definition) is 2. The van der Waals surface area contributed by atoms with Crippen LogP contribution in [0.25, 0.3) is 0 Å². The highest BCUT2D eigenvalue weighted by Gasteiger charge is 2.39. The van der Waals surface area contributed by atoms with Crippen molar-refractivity contribution < 1.29 is 4.79 Å². The van der Waals surface area contributed by atoms with Crippen molar-refractivity contribution in [2.75, 3.05) is 20.1 Å². The SMILES string of the molecule is CCC(C)N1CC(C)(C)NC(=O)C1CNC. The molecular formula is C12H25N3O.